The van der Waals surface area contributed by atoms with Crippen LogP contribution in [-0.4, -0.2) is 72.3 Å². The van der Waals surface area contributed by atoms with Crippen LogP contribution in [0.25, 0.3) is 0 Å². The minimum Gasteiger partial charge on any atom is -0.347 e. The van der Waals surface area contributed by atoms with Gasteiger partial charge in [0.15, 0.2) is 0 Å². The molecule has 0 aromatic heterocycles. The zero-order valence-electron chi connectivity index (χ0n) is 26.5. The van der Waals surface area contributed by atoms with E-state index >= 15 is 0 Å². The lowest BCUT2D eigenvalue weighted by Gasteiger charge is -2.49. The van der Waals surface area contributed by atoms with Gasteiger partial charge in [0.05, 0.1) is 28.9 Å². The number of aliphatic imine (C=N–C) groups is 1. The first-order valence-electron chi connectivity index (χ1n) is 16.8. The first kappa shape index (κ1) is 33.9. The molecule has 1 amide bonds. The molecule has 256 valence electrons. The van der Waals surface area contributed by atoms with Crippen molar-refractivity contribution < 1.29 is 31.1 Å². The van der Waals surface area contributed by atoms with Crippen LogP contribution in [0.1, 0.15) is 86.0 Å². The highest BCUT2D eigenvalue weighted by Crippen LogP contribution is 2.45. The van der Waals surface area contributed by atoms with Gasteiger partial charge in [-0.05, 0) is 61.1 Å². The fourth-order valence-electron chi connectivity index (χ4n) is 8.19. The van der Waals surface area contributed by atoms with Gasteiger partial charge >= 0.3 is 12.4 Å². The average Bonchev–Trinajstić information content (AvgIpc) is 3.49. The van der Waals surface area contributed by atoms with Crippen molar-refractivity contribution in [1.82, 2.24) is 20.4 Å². The Bertz CT molecular complexity index is 1400. The Morgan fingerprint density at radius 1 is 0.851 bits per heavy atom. The second kappa shape index (κ2) is 13.9. The van der Waals surface area contributed by atoms with E-state index in [-0.39, 0.29) is 36.5 Å². The minimum atomic E-state index is -4.93. The highest BCUT2D eigenvalue weighted by Gasteiger charge is 2.50. The first-order valence-corrected chi connectivity index (χ1v) is 16.8. The van der Waals surface area contributed by atoms with Crippen LogP contribution in [0.3, 0.4) is 0 Å². The lowest BCUT2D eigenvalue weighted by molar-refractivity contribution is -0.143. The summed E-state index contributed by atoms with van der Waals surface area (Å²) < 4.78 is 81.6. The van der Waals surface area contributed by atoms with E-state index in [2.05, 4.69) is 25.4 Å². The fraction of sp³-hybridized carbons (Fsp3) is 0.600. The van der Waals surface area contributed by atoms with Gasteiger partial charge in [-0.3, -0.25) is 19.6 Å². The Balaban J connectivity index is 1.22. The molecule has 0 spiro atoms. The molecular weight excluding hydrogens is 620 g/mol. The van der Waals surface area contributed by atoms with Crippen LogP contribution in [0.15, 0.2) is 47.5 Å². The van der Waals surface area contributed by atoms with Crippen LogP contribution < -0.4 is 10.6 Å². The van der Waals surface area contributed by atoms with Crippen molar-refractivity contribution in [1.29, 1.82) is 0 Å². The quantitative estimate of drug-likeness (QED) is 0.297. The Morgan fingerprint density at radius 2 is 1.51 bits per heavy atom. The molecule has 47 heavy (non-hydrogen) atoms. The number of benzene rings is 2. The van der Waals surface area contributed by atoms with Gasteiger partial charge in [0.2, 0.25) is 5.91 Å². The first-order chi connectivity index (χ1) is 22.4. The summed E-state index contributed by atoms with van der Waals surface area (Å²) in [6.45, 7) is 3.44. The summed E-state index contributed by atoms with van der Waals surface area (Å²) in [4.78, 5) is 23.2. The number of piperazine rings is 1. The molecule has 3 unspecified atom stereocenters. The molecular formula is C35H43F6N5O. The third-order valence-electron chi connectivity index (χ3n) is 10.6. The second-order valence-electron chi connectivity index (χ2n) is 13.6. The maximum Gasteiger partial charge on any atom is 0.416 e. The predicted molar refractivity (Wildman–Crippen MR) is 169 cm³/mol. The third-order valence-corrected chi connectivity index (χ3v) is 10.6. The molecule has 6 rings (SSSR count). The summed E-state index contributed by atoms with van der Waals surface area (Å²) >= 11 is 0. The van der Waals surface area contributed by atoms with Gasteiger partial charge in [-0.2, -0.15) is 26.3 Å². The molecule has 3 atom stereocenters. The van der Waals surface area contributed by atoms with Crippen molar-refractivity contribution in [3.05, 3.63) is 64.7 Å². The predicted octanol–water partition coefficient (Wildman–Crippen LogP) is 7.06. The van der Waals surface area contributed by atoms with Gasteiger partial charge in [0.1, 0.15) is 0 Å². The van der Waals surface area contributed by atoms with E-state index in [1.165, 1.54) is 32.1 Å². The minimum absolute atomic E-state index is 0.116. The molecule has 2 aromatic rings. The lowest BCUT2D eigenvalue weighted by atomic mass is 9.67. The molecule has 12 heteroatoms. The Labute approximate surface area is 272 Å². The number of amides is 1. The Morgan fingerprint density at radius 3 is 2.19 bits per heavy atom. The van der Waals surface area contributed by atoms with Gasteiger partial charge in [0, 0.05) is 56.9 Å². The summed E-state index contributed by atoms with van der Waals surface area (Å²) in [5.74, 6) is -0.447. The second-order valence-corrected chi connectivity index (χ2v) is 13.6. The summed E-state index contributed by atoms with van der Waals surface area (Å²) in [5, 5.41) is 6.70. The molecule has 2 aromatic carbocycles. The number of alkyl halides is 6. The van der Waals surface area contributed by atoms with Crippen LogP contribution in [0, 0.1) is 0 Å². The summed E-state index contributed by atoms with van der Waals surface area (Å²) in [6.07, 6.45) is 1.11. The number of rotatable bonds is 8. The van der Waals surface area contributed by atoms with Crippen molar-refractivity contribution in [3.8, 4) is 0 Å². The zero-order chi connectivity index (χ0) is 33.2. The fourth-order valence-corrected chi connectivity index (χ4v) is 8.19. The number of nitrogens with one attached hydrogen (secondary N) is 2. The molecule has 6 nitrogen and oxygen atoms in total. The average molecular weight is 664 g/mol. The number of para-hydroxylation sites is 1. The normalized spacial score (nSPS) is 26.3. The van der Waals surface area contributed by atoms with Crippen LogP contribution >= 0.6 is 0 Å². The van der Waals surface area contributed by atoms with Gasteiger partial charge in [0.25, 0.3) is 0 Å². The molecule has 2 aliphatic carbocycles. The molecule has 2 heterocycles. The monoisotopic (exact) mass is 663 g/mol. The third kappa shape index (κ3) is 7.70. The number of hydrogen-bond donors (Lipinski definition) is 2. The van der Waals surface area contributed by atoms with E-state index in [4.69, 9.17) is 0 Å². The standard InChI is InChI=1S/C35H43F6N5O/c36-34(37,38)25-18-24(19-26(20-25)35(39,40)41)21-43-31-12-6-7-13-33(31,29-22-42-30-11-5-4-10-28(29)30)44-32(47)23-45-14-16-46(17-15-45)27-8-2-1-3-9-27/h4-5,10-11,18-20,22,27,29,31,43H,1-3,6-9,12-17,21,23H2,(H,44,47). The van der Waals surface area contributed by atoms with E-state index in [1.54, 1.807) is 0 Å². The smallest absolute Gasteiger partial charge is 0.347 e. The summed E-state index contributed by atoms with van der Waals surface area (Å²) in [5.41, 5.74) is -1.93. The molecule has 4 aliphatic rings. The number of carbonyl (C=O) groups is 1. The highest BCUT2D eigenvalue weighted by molar-refractivity contribution is 5.85. The van der Waals surface area contributed by atoms with E-state index in [0.29, 0.717) is 18.9 Å². The Kier molecular flexibility index (Phi) is 10.0. The van der Waals surface area contributed by atoms with Crippen molar-refractivity contribution >= 4 is 17.8 Å². The number of halogens is 6. The van der Waals surface area contributed by atoms with Crippen LogP contribution in [0.5, 0.6) is 0 Å². The molecule has 2 aliphatic heterocycles. The molecule has 3 fully saturated rings. The largest absolute Gasteiger partial charge is 0.416 e. The molecule has 2 saturated carbocycles. The van der Waals surface area contributed by atoms with Crippen LogP contribution in [0.2, 0.25) is 0 Å². The summed E-state index contributed by atoms with van der Waals surface area (Å²) in [7, 11) is 0. The molecule has 2 N–H and O–H groups in total. The van der Waals surface area contributed by atoms with Crippen molar-refractivity contribution in [2.75, 3.05) is 32.7 Å². The van der Waals surface area contributed by atoms with E-state index in [0.717, 1.165) is 62.4 Å². The van der Waals surface area contributed by atoms with Crippen LogP contribution in [0.4, 0.5) is 32.0 Å². The number of hydrogen-bond acceptors (Lipinski definition) is 5. The zero-order valence-corrected chi connectivity index (χ0v) is 26.5. The van der Waals surface area contributed by atoms with E-state index in [1.807, 2.05) is 30.5 Å². The number of nitrogens with zero attached hydrogens (tertiary/aromatic N) is 3. The van der Waals surface area contributed by atoms with Gasteiger partial charge in [-0.25, -0.2) is 0 Å². The summed E-state index contributed by atoms with van der Waals surface area (Å²) in [6, 6.07) is 9.56. The number of carbonyl (C=O) groups excluding carboxylic acids is 1. The topological polar surface area (TPSA) is 60.0 Å². The highest BCUT2D eigenvalue weighted by atomic mass is 19.4. The van der Waals surface area contributed by atoms with Gasteiger partial charge < -0.3 is 10.6 Å². The maximum atomic E-state index is 13.9. The SMILES string of the molecule is O=C(CN1CCN(C2CCCCC2)CC1)NC1(C2C=Nc3ccccc32)CCCCC1NCc1cc(C(F)(F)F)cc(C(F)(F)F)c1. The Hall–Kier alpha value is -2.96. The van der Waals surface area contributed by atoms with Crippen molar-refractivity contribution in [2.24, 2.45) is 4.99 Å². The molecule has 0 radical (unpaired) electrons. The maximum absolute atomic E-state index is 13.9. The van der Waals surface area contributed by atoms with E-state index < -0.39 is 35.1 Å². The van der Waals surface area contributed by atoms with Gasteiger partial charge in [-0.1, -0.05) is 50.3 Å². The lowest BCUT2D eigenvalue weighted by Crippen LogP contribution is -2.66. The van der Waals surface area contributed by atoms with Crippen molar-refractivity contribution in [2.45, 2.75) is 100 Å². The molecule has 1 saturated heterocycles. The molecule has 0 bridgehead atoms. The van der Waals surface area contributed by atoms with Crippen molar-refractivity contribution in [3.63, 3.8) is 0 Å². The number of fused-ring (bicyclic) bond motifs is 1. The van der Waals surface area contributed by atoms with Gasteiger partial charge in [-0.15, -0.1) is 0 Å². The van der Waals surface area contributed by atoms with E-state index in [9.17, 15) is 31.1 Å². The van der Waals surface area contributed by atoms with Crippen LogP contribution in [-0.2, 0) is 23.7 Å².